The van der Waals surface area contributed by atoms with E-state index in [0.717, 1.165) is 11.3 Å². The first kappa shape index (κ1) is 6.15. The molecule has 0 saturated carbocycles. The number of aromatic nitrogens is 3. The molecule has 0 bridgehead atoms. The molecule has 0 fully saturated rings. The smallest absolute Gasteiger partial charge is 0.155 e. The minimum absolute atomic E-state index is 0.509. The van der Waals surface area contributed by atoms with Gasteiger partial charge in [0.1, 0.15) is 5.82 Å². The molecule has 4 nitrogen and oxygen atoms in total. The first-order chi connectivity index (χ1) is 5.25. The fraction of sp³-hybridized carbons (Fsp3) is 0.143. The van der Waals surface area contributed by atoms with Crippen LogP contribution in [0.4, 0.5) is 5.82 Å². The highest BCUT2D eigenvalue weighted by Crippen LogP contribution is 2.04. The molecular formula is C7H8N4. The maximum Gasteiger partial charge on any atom is 0.155 e. The van der Waals surface area contributed by atoms with E-state index in [1.165, 1.54) is 0 Å². The number of nitrogens with two attached hydrogens (primary N) is 1. The van der Waals surface area contributed by atoms with Crippen LogP contribution in [-0.2, 0) is 0 Å². The lowest BCUT2D eigenvalue weighted by atomic mass is 10.6. The summed E-state index contributed by atoms with van der Waals surface area (Å²) in [5, 5.41) is 0. The summed E-state index contributed by atoms with van der Waals surface area (Å²) in [6.45, 7) is 1.93. The Hall–Kier alpha value is -1.58. The van der Waals surface area contributed by atoms with E-state index in [4.69, 9.17) is 5.73 Å². The number of imidazole rings is 1. The maximum atomic E-state index is 5.47. The monoisotopic (exact) mass is 148 g/mol. The fourth-order valence-corrected chi connectivity index (χ4v) is 1.04. The van der Waals surface area contributed by atoms with Gasteiger partial charge < -0.3 is 10.1 Å². The molecule has 11 heavy (non-hydrogen) atoms. The summed E-state index contributed by atoms with van der Waals surface area (Å²) in [4.78, 5) is 8.11. The van der Waals surface area contributed by atoms with Crippen LogP contribution in [0.1, 0.15) is 5.69 Å². The summed E-state index contributed by atoms with van der Waals surface area (Å²) in [7, 11) is 0. The Morgan fingerprint density at radius 2 is 2.27 bits per heavy atom. The molecule has 0 aliphatic heterocycles. The second-order valence-electron chi connectivity index (χ2n) is 2.46. The second kappa shape index (κ2) is 1.95. The van der Waals surface area contributed by atoms with Gasteiger partial charge in [0.05, 0.1) is 18.1 Å². The fourth-order valence-electron chi connectivity index (χ4n) is 1.04. The first-order valence-corrected chi connectivity index (χ1v) is 3.32. The number of nitrogen functional groups attached to an aromatic ring is 1. The molecular weight excluding hydrogens is 140 g/mol. The molecule has 0 aliphatic carbocycles. The number of anilines is 1. The minimum atomic E-state index is 0.509. The van der Waals surface area contributed by atoms with Gasteiger partial charge in [-0.25, -0.2) is 9.97 Å². The number of fused-ring (bicyclic) bond motifs is 1. The van der Waals surface area contributed by atoms with Crippen molar-refractivity contribution in [1.29, 1.82) is 0 Å². The number of hydrogen-bond donors (Lipinski definition) is 1. The van der Waals surface area contributed by atoms with E-state index in [9.17, 15) is 0 Å². The highest BCUT2D eigenvalue weighted by Gasteiger charge is 1.96. The summed E-state index contributed by atoms with van der Waals surface area (Å²) >= 11 is 0. The standard InChI is InChI=1S/C7H8N4/c1-5-3-11-4-6(8)9-2-7(11)10-5/h2-4H,8H2,1H3. The molecule has 2 aromatic heterocycles. The summed E-state index contributed by atoms with van der Waals surface area (Å²) < 4.78 is 1.86. The molecule has 0 aromatic carbocycles. The summed E-state index contributed by atoms with van der Waals surface area (Å²) in [6, 6.07) is 0. The minimum Gasteiger partial charge on any atom is -0.382 e. The number of hydrogen-bond acceptors (Lipinski definition) is 3. The molecule has 2 N–H and O–H groups in total. The van der Waals surface area contributed by atoms with Gasteiger partial charge in [-0.15, -0.1) is 0 Å². The first-order valence-electron chi connectivity index (χ1n) is 3.32. The Bertz CT molecular complexity index is 390. The molecule has 4 heteroatoms. The van der Waals surface area contributed by atoms with Gasteiger partial charge in [-0.3, -0.25) is 0 Å². The molecule has 0 spiro atoms. The molecule has 2 aromatic rings. The predicted octanol–water partition coefficient (Wildman–Crippen LogP) is 0.620. The van der Waals surface area contributed by atoms with E-state index in [1.54, 1.807) is 12.4 Å². The van der Waals surface area contributed by atoms with Crippen molar-refractivity contribution in [3.05, 3.63) is 24.3 Å². The van der Waals surface area contributed by atoms with Crippen LogP contribution in [-0.4, -0.2) is 14.4 Å². The average Bonchev–Trinajstić information content (AvgIpc) is 2.27. The molecule has 0 amide bonds. The quantitative estimate of drug-likeness (QED) is 0.595. The van der Waals surface area contributed by atoms with Gasteiger partial charge in [0.25, 0.3) is 0 Å². The van der Waals surface area contributed by atoms with Crippen molar-refractivity contribution in [2.24, 2.45) is 0 Å². The molecule has 0 unspecified atom stereocenters. The topological polar surface area (TPSA) is 56.2 Å². The molecule has 2 rings (SSSR count). The zero-order valence-electron chi connectivity index (χ0n) is 6.15. The van der Waals surface area contributed by atoms with Gasteiger partial charge in [-0.1, -0.05) is 0 Å². The van der Waals surface area contributed by atoms with Gasteiger partial charge in [0.2, 0.25) is 0 Å². The lowest BCUT2D eigenvalue weighted by Crippen LogP contribution is -1.92. The van der Waals surface area contributed by atoms with Crippen molar-refractivity contribution in [2.45, 2.75) is 6.92 Å². The van der Waals surface area contributed by atoms with Crippen LogP contribution < -0.4 is 5.73 Å². The van der Waals surface area contributed by atoms with Crippen molar-refractivity contribution < 1.29 is 0 Å². The normalized spacial score (nSPS) is 10.6. The second-order valence-corrected chi connectivity index (χ2v) is 2.46. The van der Waals surface area contributed by atoms with Gasteiger partial charge in [0, 0.05) is 6.20 Å². The number of nitrogens with zero attached hydrogens (tertiary/aromatic N) is 3. The highest BCUT2D eigenvalue weighted by molar-refractivity contribution is 5.41. The summed E-state index contributed by atoms with van der Waals surface area (Å²) in [5.41, 5.74) is 7.27. The summed E-state index contributed by atoms with van der Waals surface area (Å²) in [6.07, 6.45) is 5.31. The van der Waals surface area contributed by atoms with Crippen LogP contribution >= 0.6 is 0 Å². The van der Waals surface area contributed by atoms with Crippen LogP contribution in [0.25, 0.3) is 5.65 Å². The molecule has 0 atom stereocenters. The maximum absolute atomic E-state index is 5.47. The average molecular weight is 148 g/mol. The zero-order valence-corrected chi connectivity index (χ0v) is 6.15. The number of rotatable bonds is 0. The van der Waals surface area contributed by atoms with Crippen molar-refractivity contribution in [2.75, 3.05) is 5.73 Å². The number of aryl methyl sites for hydroxylation is 1. The van der Waals surface area contributed by atoms with Crippen LogP contribution in [0.3, 0.4) is 0 Å². The van der Waals surface area contributed by atoms with E-state index < -0.39 is 0 Å². The van der Waals surface area contributed by atoms with Crippen molar-refractivity contribution in [1.82, 2.24) is 14.4 Å². The van der Waals surface area contributed by atoms with Gasteiger partial charge in [-0.2, -0.15) is 0 Å². The third kappa shape index (κ3) is 0.920. The Morgan fingerprint density at radius 3 is 3.09 bits per heavy atom. The third-order valence-corrected chi connectivity index (χ3v) is 1.48. The van der Waals surface area contributed by atoms with E-state index in [1.807, 2.05) is 17.5 Å². The zero-order chi connectivity index (χ0) is 7.84. The Morgan fingerprint density at radius 1 is 1.45 bits per heavy atom. The molecule has 0 radical (unpaired) electrons. The third-order valence-electron chi connectivity index (χ3n) is 1.48. The Balaban J connectivity index is 2.82. The lowest BCUT2D eigenvalue weighted by Gasteiger charge is -1.92. The predicted molar refractivity (Wildman–Crippen MR) is 42.1 cm³/mol. The van der Waals surface area contributed by atoms with E-state index in [-0.39, 0.29) is 0 Å². The Labute approximate surface area is 63.7 Å². The molecule has 0 aliphatic rings. The van der Waals surface area contributed by atoms with Crippen LogP contribution in [0.2, 0.25) is 0 Å². The molecule has 56 valence electrons. The van der Waals surface area contributed by atoms with Gasteiger partial charge in [0.15, 0.2) is 5.65 Å². The van der Waals surface area contributed by atoms with E-state index in [0.29, 0.717) is 5.82 Å². The van der Waals surface area contributed by atoms with Crippen LogP contribution in [0, 0.1) is 6.92 Å². The van der Waals surface area contributed by atoms with E-state index in [2.05, 4.69) is 9.97 Å². The van der Waals surface area contributed by atoms with Crippen molar-refractivity contribution in [3.8, 4) is 0 Å². The van der Waals surface area contributed by atoms with Gasteiger partial charge >= 0.3 is 0 Å². The SMILES string of the molecule is Cc1cn2cc(N)ncc2n1. The lowest BCUT2D eigenvalue weighted by molar-refractivity contribution is 1.13. The summed E-state index contributed by atoms with van der Waals surface area (Å²) in [5.74, 6) is 0.509. The van der Waals surface area contributed by atoms with Crippen molar-refractivity contribution in [3.63, 3.8) is 0 Å². The Kier molecular flexibility index (Phi) is 1.09. The molecule has 0 saturated heterocycles. The van der Waals surface area contributed by atoms with Crippen molar-refractivity contribution >= 4 is 11.5 Å². The van der Waals surface area contributed by atoms with Crippen LogP contribution in [0.5, 0.6) is 0 Å². The van der Waals surface area contributed by atoms with E-state index >= 15 is 0 Å². The highest BCUT2D eigenvalue weighted by atomic mass is 15.0. The van der Waals surface area contributed by atoms with Gasteiger partial charge in [-0.05, 0) is 6.92 Å². The molecule has 2 heterocycles. The largest absolute Gasteiger partial charge is 0.382 e. The van der Waals surface area contributed by atoms with Crippen LogP contribution in [0.15, 0.2) is 18.6 Å².